The molecule has 1 atom stereocenters. The van der Waals surface area contributed by atoms with Crippen molar-refractivity contribution in [2.24, 2.45) is 0 Å². The first-order chi connectivity index (χ1) is 11.5. The Morgan fingerprint density at radius 3 is 2.56 bits per heavy atom. The van der Waals surface area contributed by atoms with E-state index in [0.29, 0.717) is 0 Å². The Kier molecular flexibility index (Phi) is 7.77. The van der Waals surface area contributed by atoms with Crippen LogP contribution in [0.3, 0.4) is 0 Å². The van der Waals surface area contributed by atoms with Crippen LogP contribution in [0.25, 0.3) is 0 Å². The SMILES string of the molecule is C=CS(=O)(=O)N(C)CC(=O)N[C@@H](Cc1ccc(C)c(C)c1)OB(O)O. The van der Waals surface area contributed by atoms with Gasteiger partial charge in [-0.25, -0.2) is 8.42 Å². The van der Waals surface area contributed by atoms with Crippen molar-refractivity contribution in [2.75, 3.05) is 13.6 Å². The Morgan fingerprint density at radius 2 is 2.04 bits per heavy atom. The molecule has 0 heterocycles. The molecule has 0 aromatic heterocycles. The molecule has 0 aliphatic carbocycles. The van der Waals surface area contributed by atoms with Crippen molar-refractivity contribution >= 4 is 23.3 Å². The molecule has 1 aromatic carbocycles. The van der Waals surface area contributed by atoms with E-state index in [1.165, 1.54) is 7.05 Å². The molecule has 0 spiro atoms. The Bertz CT molecular complexity index is 723. The first-order valence-electron chi connectivity index (χ1n) is 7.51. The standard InChI is InChI=1S/C15H23BN2O6S/c1-5-25(22,23)18(4)10-14(19)17-15(24-16(20)21)9-13-7-6-11(2)12(3)8-13/h5-8,15,20-21H,1,9-10H2,2-4H3,(H,17,19)/t15-/m1/s1. The molecule has 0 aliphatic rings. The van der Waals surface area contributed by atoms with E-state index in [9.17, 15) is 13.2 Å². The highest BCUT2D eigenvalue weighted by Crippen LogP contribution is 2.12. The number of nitrogens with one attached hydrogen (secondary N) is 1. The second-order valence-electron chi connectivity index (χ2n) is 5.61. The molecule has 0 unspecified atom stereocenters. The summed E-state index contributed by atoms with van der Waals surface area (Å²) in [5.74, 6) is -0.651. The van der Waals surface area contributed by atoms with E-state index in [2.05, 4.69) is 11.9 Å². The van der Waals surface area contributed by atoms with E-state index in [1.807, 2.05) is 32.0 Å². The van der Waals surface area contributed by atoms with Gasteiger partial charge in [-0.05, 0) is 30.5 Å². The van der Waals surface area contributed by atoms with Gasteiger partial charge in [0, 0.05) is 18.9 Å². The summed E-state index contributed by atoms with van der Waals surface area (Å²) in [5, 5.41) is 21.2. The molecule has 1 aromatic rings. The van der Waals surface area contributed by atoms with Gasteiger partial charge in [0.05, 0.1) is 6.54 Å². The third-order valence-corrected chi connectivity index (χ3v) is 5.03. The van der Waals surface area contributed by atoms with Crippen LogP contribution < -0.4 is 5.32 Å². The fraction of sp³-hybridized carbons (Fsp3) is 0.400. The second-order valence-corrected chi connectivity index (χ2v) is 7.60. The smallest absolute Gasteiger partial charge is 0.402 e. The van der Waals surface area contributed by atoms with Crippen molar-refractivity contribution in [3.63, 3.8) is 0 Å². The Labute approximate surface area is 148 Å². The topological polar surface area (TPSA) is 116 Å². The number of amides is 1. The molecule has 0 fully saturated rings. The van der Waals surface area contributed by atoms with Gasteiger partial charge in [0.2, 0.25) is 15.9 Å². The highest BCUT2D eigenvalue weighted by molar-refractivity contribution is 7.92. The molecule has 3 N–H and O–H groups in total. The summed E-state index contributed by atoms with van der Waals surface area (Å²) in [6.45, 7) is 6.62. The molecular weight excluding hydrogens is 347 g/mol. The van der Waals surface area contributed by atoms with E-state index in [0.717, 1.165) is 26.4 Å². The van der Waals surface area contributed by atoms with Crippen LogP contribution in [0.4, 0.5) is 0 Å². The molecule has 8 nitrogen and oxygen atoms in total. The van der Waals surface area contributed by atoms with Gasteiger partial charge in [-0.15, -0.1) is 0 Å². The van der Waals surface area contributed by atoms with Crippen molar-refractivity contribution in [2.45, 2.75) is 26.5 Å². The largest absolute Gasteiger partial charge is 0.635 e. The number of benzene rings is 1. The van der Waals surface area contributed by atoms with Crippen molar-refractivity contribution in [3.05, 3.63) is 46.9 Å². The highest BCUT2D eigenvalue weighted by atomic mass is 32.2. The fourth-order valence-corrected chi connectivity index (χ4v) is 2.62. The number of carbonyl (C=O) groups is 1. The van der Waals surface area contributed by atoms with Gasteiger partial charge in [-0.2, -0.15) is 4.31 Å². The lowest BCUT2D eigenvalue weighted by Crippen LogP contribution is -2.46. The van der Waals surface area contributed by atoms with Gasteiger partial charge in [0.1, 0.15) is 6.23 Å². The predicted molar refractivity (Wildman–Crippen MR) is 94.6 cm³/mol. The molecule has 0 aliphatic heterocycles. The molecule has 0 saturated carbocycles. The highest BCUT2D eigenvalue weighted by Gasteiger charge is 2.23. The average Bonchev–Trinajstić information content (AvgIpc) is 2.50. The monoisotopic (exact) mass is 370 g/mol. The molecule has 1 amide bonds. The van der Waals surface area contributed by atoms with Crippen LogP contribution in [0, 0.1) is 13.8 Å². The first kappa shape index (κ1) is 21.3. The zero-order valence-electron chi connectivity index (χ0n) is 14.5. The van der Waals surface area contributed by atoms with Crippen molar-refractivity contribution in [3.8, 4) is 0 Å². The molecule has 0 saturated heterocycles. The molecule has 25 heavy (non-hydrogen) atoms. The maximum Gasteiger partial charge on any atom is 0.635 e. The van der Waals surface area contributed by atoms with E-state index in [-0.39, 0.29) is 6.42 Å². The predicted octanol–water partition coefficient (Wildman–Crippen LogP) is -0.321. The van der Waals surface area contributed by atoms with E-state index < -0.39 is 36.0 Å². The third-order valence-electron chi connectivity index (χ3n) is 3.61. The van der Waals surface area contributed by atoms with Crippen molar-refractivity contribution in [1.82, 2.24) is 9.62 Å². The number of carbonyl (C=O) groups excluding carboxylic acids is 1. The summed E-state index contributed by atoms with van der Waals surface area (Å²) in [5.41, 5.74) is 2.97. The molecule has 0 bridgehead atoms. The number of nitrogens with zero attached hydrogens (tertiary/aromatic N) is 1. The van der Waals surface area contributed by atoms with Crippen LogP contribution in [0.5, 0.6) is 0 Å². The summed E-state index contributed by atoms with van der Waals surface area (Å²) in [4.78, 5) is 12.0. The number of likely N-dealkylation sites (N-methyl/N-ethyl adjacent to an activating group) is 1. The lowest BCUT2D eigenvalue weighted by atomic mass is 10.0. The number of aryl methyl sites for hydroxylation is 2. The summed E-state index contributed by atoms with van der Waals surface area (Å²) < 4.78 is 28.8. The van der Waals surface area contributed by atoms with Gasteiger partial charge in [-0.3, -0.25) is 4.79 Å². The summed E-state index contributed by atoms with van der Waals surface area (Å²) in [7, 11) is -4.57. The van der Waals surface area contributed by atoms with Gasteiger partial charge >= 0.3 is 7.32 Å². The van der Waals surface area contributed by atoms with Crippen LogP contribution in [-0.2, 0) is 25.9 Å². The average molecular weight is 370 g/mol. The number of rotatable bonds is 9. The maximum absolute atomic E-state index is 12.0. The minimum Gasteiger partial charge on any atom is -0.402 e. The third kappa shape index (κ3) is 6.96. The number of hydrogen-bond donors (Lipinski definition) is 3. The molecule has 0 radical (unpaired) electrons. The summed E-state index contributed by atoms with van der Waals surface area (Å²) >= 11 is 0. The fourth-order valence-electron chi connectivity index (χ4n) is 2.07. The zero-order chi connectivity index (χ0) is 19.2. The van der Waals surface area contributed by atoms with E-state index >= 15 is 0 Å². The van der Waals surface area contributed by atoms with Gasteiger partial charge in [-0.1, -0.05) is 24.8 Å². The first-order valence-corrected chi connectivity index (χ1v) is 9.01. The van der Waals surface area contributed by atoms with E-state index in [1.54, 1.807) is 0 Å². The number of hydrogen-bond acceptors (Lipinski definition) is 6. The second kappa shape index (κ2) is 9.11. The lowest BCUT2D eigenvalue weighted by Gasteiger charge is -2.21. The Balaban J connectivity index is 2.80. The van der Waals surface area contributed by atoms with Gasteiger partial charge < -0.3 is 20.0 Å². The van der Waals surface area contributed by atoms with Gasteiger partial charge in [0.15, 0.2) is 0 Å². The quantitative estimate of drug-likeness (QED) is 0.405. The van der Waals surface area contributed by atoms with Crippen LogP contribution in [0.15, 0.2) is 30.2 Å². The Hall–Kier alpha value is -1.72. The van der Waals surface area contributed by atoms with Crippen LogP contribution >= 0.6 is 0 Å². The molecule has 10 heteroatoms. The van der Waals surface area contributed by atoms with Crippen molar-refractivity contribution < 1.29 is 27.9 Å². The molecular formula is C15H23BN2O6S. The van der Waals surface area contributed by atoms with E-state index in [4.69, 9.17) is 14.7 Å². The van der Waals surface area contributed by atoms with Crippen LogP contribution in [-0.4, -0.2) is 55.8 Å². The Morgan fingerprint density at radius 1 is 1.40 bits per heavy atom. The maximum atomic E-state index is 12.0. The van der Waals surface area contributed by atoms with Crippen LogP contribution in [0.1, 0.15) is 16.7 Å². The molecule has 138 valence electrons. The minimum atomic E-state index is -3.72. The normalized spacial score (nSPS) is 12.7. The van der Waals surface area contributed by atoms with Crippen LogP contribution in [0.2, 0.25) is 0 Å². The van der Waals surface area contributed by atoms with Gasteiger partial charge in [0.25, 0.3) is 0 Å². The van der Waals surface area contributed by atoms with Crippen molar-refractivity contribution in [1.29, 1.82) is 0 Å². The zero-order valence-corrected chi connectivity index (χ0v) is 15.3. The lowest BCUT2D eigenvalue weighted by molar-refractivity contribution is -0.124. The molecule has 1 rings (SSSR count). The summed E-state index contributed by atoms with van der Waals surface area (Å²) in [6.07, 6.45) is -0.850. The number of sulfonamides is 1. The summed E-state index contributed by atoms with van der Waals surface area (Å²) in [6, 6.07) is 5.64. The minimum absolute atomic E-state index is 0.183.